The molecule has 0 saturated carbocycles. The van der Waals surface area contributed by atoms with Gasteiger partial charge in [0.05, 0.1) is 0 Å². The molecule has 0 bridgehead atoms. The summed E-state index contributed by atoms with van der Waals surface area (Å²) in [5, 5.41) is 0.779. The van der Waals surface area contributed by atoms with Crippen LogP contribution >= 0.6 is 11.6 Å². The average molecular weight is 274 g/mol. The first-order chi connectivity index (χ1) is 9.11. The molecule has 2 heteroatoms. The molecule has 2 aromatic rings. The minimum Gasteiger partial charge on any atom is -0.330 e. The molecule has 0 radical (unpaired) electrons. The van der Waals surface area contributed by atoms with Crippen LogP contribution in [0.1, 0.15) is 30.4 Å². The van der Waals surface area contributed by atoms with Crippen LogP contribution in [-0.4, -0.2) is 6.54 Å². The molecule has 2 rings (SSSR count). The van der Waals surface area contributed by atoms with Gasteiger partial charge in [0.25, 0.3) is 0 Å². The van der Waals surface area contributed by atoms with Gasteiger partial charge in [0, 0.05) is 5.02 Å². The summed E-state index contributed by atoms with van der Waals surface area (Å²) in [6.07, 6.45) is 1.02. The molecule has 0 aliphatic rings. The number of hydrogen-bond acceptors (Lipinski definition) is 1. The zero-order chi connectivity index (χ0) is 13.8. The van der Waals surface area contributed by atoms with Gasteiger partial charge < -0.3 is 5.73 Å². The average Bonchev–Trinajstić information content (AvgIpc) is 2.42. The number of benzene rings is 2. The van der Waals surface area contributed by atoms with E-state index in [0.29, 0.717) is 5.92 Å². The molecular weight excluding hydrogens is 254 g/mol. The Labute approximate surface area is 120 Å². The van der Waals surface area contributed by atoms with E-state index in [-0.39, 0.29) is 0 Å². The summed E-state index contributed by atoms with van der Waals surface area (Å²) < 4.78 is 0. The second kappa shape index (κ2) is 6.23. The van der Waals surface area contributed by atoms with Crippen molar-refractivity contribution in [1.29, 1.82) is 0 Å². The third-order valence-corrected chi connectivity index (χ3v) is 3.83. The molecule has 19 heavy (non-hydrogen) atoms. The first-order valence-electron chi connectivity index (χ1n) is 6.68. The van der Waals surface area contributed by atoms with E-state index in [1.54, 1.807) is 0 Å². The number of hydrogen-bond donors (Lipinski definition) is 1. The van der Waals surface area contributed by atoms with Crippen molar-refractivity contribution < 1.29 is 0 Å². The van der Waals surface area contributed by atoms with Crippen molar-refractivity contribution in [2.45, 2.75) is 26.2 Å². The fourth-order valence-electron chi connectivity index (χ4n) is 2.31. The van der Waals surface area contributed by atoms with Gasteiger partial charge in [-0.25, -0.2) is 0 Å². The van der Waals surface area contributed by atoms with Gasteiger partial charge in [-0.15, -0.1) is 0 Å². The Morgan fingerprint density at radius 1 is 1.11 bits per heavy atom. The van der Waals surface area contributed by atoms with Crippen LogP contribution < -0.4 is 5.73 Å². The van der Waals surface area contributed by atoms with E-state index in [1.807, 2.05) is 12.1 Å². The molecule has 0 saturated heterocycles. The van der Waals surface area contributed by atoms with Gasteiger partial charge in [0.1, 0.15) is 0 Å². The van der Waals surface area contributed by atoms with Gasteiger partial charge in [-0.2, -0.15) is 0 Å². The second-order valence-electron chi connectivity index (χ2n) is 5.06. The molecule has 0 spiro atoms. The van der Waals surface area contributed by atoms with Crippen LogP contribution in [0.3, 0.4) is 0 Å². The molecule has 2 N–H and O–H groups in total. The van der Waals surface area contributed by atoms with Gasteiger partial charge in [-0.05, 0) is 60.2 Å². The van der Waals surface area contributed by atoms with Crippen LogP contribution in [0.2, 0.25) is 5.02 Å². The van der Waals surface area contributed by atoms with E-state index >= 15 is 0 Å². The Bertz CT molecular complexity index is 546. The van der Waals surface area contributed by atoms with Crippen LogP contribution in [0.15, 0.2) is 42.5 Å². The lowest BCUT2D eigenvalue weighted by molar-refractivity contribution is 0.690. The van der Waals surface area contributed by atoms with Crippen LogP contribution in [0.5, 0.6) is 0 Å². The van der Waals surface area contributed by atoms with Crippen molar-refractivity contribution in [1.82, 2.24) is 0 Å². The zero-order valence-corrected chi connectivity index (χ0v) is 12.2. The third-order valence-electron chi connectivity index (χ3n) is 3.59. The zero-order valence-electron chi connectivity index (χ0n) is 11.5. The number of rotatable bonds is 4. The van der Waals surface area contributed by atoms with Crippen molar-refractivity contribution in [2.75, 3.05) is 6.54 Å². The molecular formula is C17H20ClN. The largest absolute Gasteiger partial charge is 0.330 e. The minimum atomic E-state index is 0.513. The lowest BCUT2D eigenvalue weighted by Crippen LogP contribution is -2.04. The molecule has 0 amide bonds. The highest BCUT2D eigenvalue weighted by atomic mass is 35.5. The molecule has 0 aromatic heterocycles. The predicted octanol–water partition coefficient (Wildman–Crippen LogP) is 4.77. The summed E-state index contributed by atoms with van der Waals surface area (Å²) in [6.45, 7) is 5.06. The van der Waals surface area contributed by atoms with Gasteiger partial charge in [0.2, 0.25) is 0 Å². The van der Waals surface area contributed by atoms with Crippen LogP contribution in [-0.2, 0) is 0 Å². The van der Waals surface area contributed by atoms with Gasteiger partial charge >= 0.3 is 0 Å². The molecule has 2 aromatic carbocycles. The summed E-state index contributed by atoms with van der Waals surface area (Å²) in [6, 6.07) is 14.7. The van der Waals surface area contributed by atoms with Gasteiger partial charge in [0.15, 0.2) is 0 Å². The highest BCUT2D eigenvalue weighted by Gasteiger charge is 2.06. The first-order valence-corrected chi connectivity index (χ1v) is 7.06. The number of nitrogens with two attached hydrogens (primary N) is 1. The Morgan fingerprint density at radius 3 is 2.42 bits per heavy atom. The van der Waals surface area contributed by atoms with Gasteiger partial charge in [-0.1, -0.05) is 48.9 Å². The third kappa shape index (κ3) is 3.37. The van der Waals surface area contributed by atoms with Crippen LogP contribution in [0, 0.1) is 6.92 Å². The maximum atomic E-state index is 6.08. The highest BCUT2D eigenvalue weighted by molar-refractivity contribution is 6.30. The smallest absolute Gasteiger partial charge is 0.0412 e. The summed E-state index contributed by atoms with van der Waals surface area (Å²) in [5.74, 6) is 0.513. The Morgan fingerprint density at radius 2 is 1.79 bits per heavy atom. The van der Waals surface area contributed by atoms with E-state index in [0.717, 1.165) is 18.0 Å². The van der Waals surface area contributed by atoms with E-state index < -0.39 is 0 Å². The quantitative estimate of drug-likeness (QED) is 0.853. The van der Waals surface area contributed by atoms with E-state index in [9.17, 15) is 0 Å². The second-order valence-corrected chi connectivity index (χ2v) is 5.50. The standard InChI is InChI=1S/C17H20ClN/c1-12(9-10-19)14-4-6-15(7-5-14)17-11-16(18)8-3-13(17)2/h3-8,11-12H,9-10,19H2,1-2H3. The highest BCUT2D eigenvalue weighted by Crippen LogP contribution is 2.28. The summed E-state index contributed by atoms with van der Waals surface area (Å²) in [5.41, 5.74) is 10.6. The molecule has 0 aliphatic heterocycles. The maximum Gasteiger partial charge on any atom is 0.0412 e. The molecule has 0 aliphatic carbocycles. The lowest BCUT2D eigenvalue weighted by Gasteiger charge is -2.12. The monoisotopic (exact) mass is 273 g/mol. The topological polar surface area (TPSA) is 26.0 Å². The molecule has 0 heterocycles. The van der Waals surface area contributed by atoms with Crippen molar-refractivity contribution in [2.24, 2.45) is 5.73 Å². The summed E-state index contributed by atoms with van der Waals surface area (Å²) in [4.78, 5) is 0. The first kappa shape index (κ1) is 14.1. The number of aryl methyl sites for hydroxylation is 1. The van der Waals surface area contributed by atoms with Gasteiger partial charge in [-0.3, -0.25) is 0 Å². The normalized spacial score (nSPS) is 12.4. The van der Waals surface area contributed by atoms with Crippen LogP contribution in [0.4, 0.5) is 0 Å². The Kier molecular flexibility index (Phi) is 4.62. The number of halogens is 1. The summed E-state index contributed by atoms with van der Waals surface area (Å²) in [7, 11) is 0. The summed E-state index contributed by atoms with van der Waals surface area (Å²) >= 11 is 6.08. The Balaban J connectivity index is 2.29. The Hall–Kier alpha value is -1.31. The lowest BCUT2D eigenvalue weighted by atomic mass is 9.94. The minimum absolute atomic E-state index is 0.513. The molecule has 1 unspecified atom stereocenters. The fourth-order valence-corrected chi connectivity index (χ4v) is 2.49. The SMILES string of the molecule is Cc1ccc(Cl)cc1-c1ccc(C(C)CCN)cc1. The molecule has 0 fully saturated rings. The van der Waals surface area contributed by atoms with E-state index in [2.05, 4.69) is 44.2 Å². The van der Waals surface area contributed by atoms with E-state index in [4.69, 9.17) is 17.3 Å². The van der Waals surface area contributed by atoms with Crippen molar-refractivity contribution in [3.63, 3.8) is 0 Å². The molecule has 100 valence electrons. The van der Waals surface area contributed by atoms with E-state index in [1.165, 1.54) is 22.3 Å². The van der Waals surface area contributed by atoms with Crippen LogP contribution in [0.25, 0.3) is 11.1 Å². The van der Waals surface area contributed by atoms with Crippen molar-refractivity contribution in [3.8, 4) is 11.1 Å². The molecule has 1 nitrogen and oxygen atoms in total. The predicted molar refractivity (Wildman–Crippen MR) is 83.7 cm³/mol. The molecule has 1 atom stereocenters. The maximum absolute atomic E-state index is 6.08. The fraction of sp³-hybridized carbons (Fsp3) is 0.294. The van der Waals surface area contributed by atoms with Crippen molar-refractivity contribution in [3.05, 3.63) is 58.6 Å². The van der Waals surface area contributed by atoms with Crippen molar-refractivity contribution >= 4 is 11.6 Å².